The Kier molecular flexibility index (Phi) is 9.95. The number of hydrogen-bond donors (Lipinski definition) is 2. The van der Waals surface area contributed by atoms with Crippen LogP contribution in [0.15, 0.2) is 101 Å². The molecule has 0 radical (unpaired) electrons. The second-order valence-corrected chi connectivity index (χ2v) is 12.5. The molecule has 2 N–H and O–H groups in total. The fraction of sp³-hybridized carbons (Fsp3) is 0.167. The lowest BCUT2D eigenvalue weighted by molar-refractivity contribution is 0.114. The van der Waals surface area contributed by atoms with Crippen LogP contribution in [0.1, 0.15) is 29.7 Å². The third-order valence-electron chi connectivity index (χ3n) is 8.34. The predicted octanol–water partition coefficient (Wildman–Crippen LogP) is 6.62. The van der Waals surface area contributed by atoms with Gasteiger partial charge in [-0.25, -0.2) is 37.8 Å². The molecule has 0 saturated carbocycles. The van der Waals surface area contributed by atoms with E-state index in [1.54, 1.807) is 24.3 Å². The van der Waals surface area contributed by atoms with E-state index in [2.05, 4.69) is 20.6 Å². The third kappa shape index (κ3) is 6.81. The van der Waals surface area contributed by atoms with Crippen LogP contribution in [-0.4, -0.2) is 39.2 Å². The first-order chi connectivity index (χ1) is 24.1. The Balaban J connectivity index is 1.61. The average Bonchev–Trinajstić information content (AvgIpc) is 3.48. The summed E-state index contributed by atoms with van der Waals surface area (Å²) in [4.78, 5) is 52.2. The summed E-state index contributed by atoms with van der Waals surface area (Å²) in [5, 5.41) is 2.78. The molecule has 3 heterocycles. The van der Waals surface area contributed by atoms with Crippen LogP contribution in [0.5, 0.6) is 0 Å². The largest absolute Gasteiger partial charge is 0.343 e. The molecule has 0 aliphatic rings. The van der Waals surface area contributed by atoms with Crippen molar-refractivity contribution in [3.8, 4) is 16.3 Å². The van der Waals surface area contributed by atoms with E-state index >= 15 is 8.78 Å². The quantitative estimate of drug-likeness (QED) is 0.156. The summed E-state index contributed by atoms with van der Waals surface area (Å²) in [6.07, 6.45) is 0.879. The lowest BCUT2D eigenvalue weighted by atomic mass is 10.0. The molecule has 0 spiro atoms. The zero-order valence-electron chi connectivity index (χ0n) is 27.1. The van der Waals surface area contributed by atoms with Gasteiger partial charge in [-0.1, -0.05) is 48.5 Å². The maximum Gasteiger partial charge on any atom is 0.343 e. The average molecular weight is 701 g/mol. The molecule has 14 heteroatoms. The number of aromatic nitrogens is 3. The van der Waals surface area contributed by atoms with Crippen molar-refractivity contribution < 1.29 is 22.8 Å². The van der Waals surface area contributed by atoms with E-state index < -0.39 is 41.3 Å². The smallest absolute Gasteiger partial charge is 0.306 e. The zero-order chi connectivity index (χ0) is 35.5. The molecule has 0 aliphatic carbocycles. The first-order valence-corrected chi connectivity index (χ1v) is 16.2. The van der Waals surface area contributed by atoms with Crippen molar-refractivity contribution in [1.82, 2.24) is 24.5 Å². The highest BCUT2D eigenvalue weighted by molar-refractivity contribution is 7.22. The topological polar surface area (TPSA) is 110 Å². The number of carbonyl (C=O) groups is 1. The number of pyridine rings is 1. The van der Waals surface area contributed by atoms with E-state index in [0.29, 0.717) is 21.7 Å². The van der Waals surface area contributed by atoms with E-state index in [9.17, 15) is 18.8 Å². The molecule has 256 valence electrons. The normalized spacial score (nSPS) is 12.0. The molecule has 2 amide bonds. The lowest BCUT2D eigenvalue weighted by Gasteiger charge is -2.25. The van der Waals surface area contributed by atoms with Gasteiger partial charge in [0.05, 0.1) is 25.2 Å². The number of hydrogen-bond acceptors (Lipinski definition) is 7. The van der Waals surface area contributed by atoms with Crippen LogP contribution in [0.3, 0.4) is 0 Å². The molecular weight excluding hydrogens is 669 g/mol. The van der Waals surface area contributed by atoms with Crippen molar-refractivity contribution in [2.75, 3.05) is 19.5 Å². The SMILES string of the molecule is CONC(=O)Nc1ccc(-c2sc3c(c2CN(C)[C@H](C)c2ccccc2)c(=O)n(-c2ccc(F)cn2)c(=O)n3Cc2c(F)cccc2F)cc1. The zero-order valence-corrected chi connectivity index (χ0v) is 27.9. The fourth-order valence-electron chi connectivity index (χ4n) is 5.66. The number of carbonyl (C=O) groups excluding carboxylic acids is 1. The van der Waals surface area contributed by atoms with Crippen molar-refractivity contribution in [3.05, 3.63) is 146 Å². The number of amides is 2. The first-order valence-electron chi connectivity index (χ1n) is 15.4. The summed E-state index contributed by atoms with van der Waals surface area (Å²) in [5.74, 6) is -2.56. The van der Waals surface area contributed by atoms with Crippen LogP contribution < -0.4 is 22.0 Å². The molecule has 3 aromatic carbocycles. The number of halogens is 3. The molecule has 0 fully saturated rings. The lowest BCUT2D eigenvalue weighted by Crippen LogP contribution is -2.39. The Labute approximate surface area is 288 Å². The van der Waals surface area contributed by atoms with Gasteiger partial charge in [-0.2, -0.15) is 0 Å². The molecule has 6 rings (SSSR count). The summed E-state index contributed by atoms with van der Waals surface area (Å²) < 4.78 is 45.9. The van der Waals surface area contributed by atoms with Gasteiger partial charge in [0.25, 0.3) is 5.56 Å². The number of nitrogens with one attached hydrogen (secondary N) is 2. The van der Waals surface area contributed by atoms with Gasteiger partial charge in [0.2, 0.25) is 0 Å². The van der Waals surface area contributed by atoms with Crippen molar-refractivity contribution in [3.63, 3.8) is 0 Å². The predicted molar refractivity (Wildman–Crippen MR) is 186 cm³/mol. The number of thiophene rings is 1. The molecule has 1 atom stereocenters. The Morgan fingerprint density at radius 2 is 1.64 bits per heavy atom. The number of rotatable bonds is 10. The molecule has 3 aromatic heterocycles. The van der Waals surface area contributed by atoms with Gasteiger partial charge in [0.1, 0.15) is 28.1 Å². The van der Waals surface area contributed by atoms with Crippen LogP contribution in [0.2, 0.25) is 0 Å². The second kappa shape index (κ2) is 14.5. The van der Waals surface area contributed by atoms with E-state index in [4.69, 9.17) is 0 Å². The van der Waals surface area contributed by atoms with Gasteiger partial charge in [0.15, 0.2) is 0 Å². The standard InChI is InChI=1S/C36H31F3N6O4S/c1-21(22-8-5-4-6-9-22)43(2)19-27-31-33(46)45(30-17-14-24(37)18-40-30)36(48)44(20-26-28(38)10-7-11-29(26)39)34(31)50-32(27)23-12-15-25(16-13-23)41-35(47)42-49-3/h4-18,21H,19-20H2,1-3H3,(H2,41,42,47)/t21-/m1/s1. The molecular formula is C36H31F3N6O4S. The van der Waals surface area contributed by atoms with Crippen LogP contribution in [-0.2, 0) is 17.9 Å². The molecule has 0 saturated heterocycles. The van der Waals surface area contributed by atoms with Crippen LogP contribution in [0.25, 0.3) is 26.5 Å². The maximum absolute atomic E-state index is 15.0. The van der Waals surface area contributed by atoms with Crippen molar-refractivity contribution in [2.24, 2.45) is 0 Å². The summed E-state index contributed by atoms with van der Waals surface area (Å²) >= 11 is 1.12. The number of benzene rings is 3. The summed E-state index contributed by atoms with van der Waals surface area (Å²) in [6.45, 7) is 1.70. The van der Waals surface area contributed by atoms with Crippen molar-refractivity contribution in [1.29, 1.82) is 0 Å². The van der Waals surface area contributed by atoms with E-state index in [-0.39, 0.29) is 34.2 Å². The molecule has 0 unspecified atom stereocenters. The van der Waals surface area contributed by atoms with Gasteiger partial charge < -0.3 is 5.32 Å². The summed E-state index contributed by atoms with van der Waals surface area (Å²) in [6, 6.07) is 21.6. The minimum Gasteiger partial charge on any atom is -0.306 e. The molecule has 0 bridgehead atoms. The number of fused-ring (bicyclic) bond motifs is 1. The Hall–Kier alpha value is -5.57. The summed E-state index contributed by atoms with van der Waals surface area (Å²) in [7, 11) is 3.21. The Morgan fingerprint density at radius 3 is 2.28 bits per heavy atom. The monoisotopic (exact) mass is 700 g/mol. The van der Waals surface area contributed by atoms with Crippen molar-refractivity contribution in [2.45, 2.75) is 26.1 Å². The van der Waals surface area contributed by atoms with Crippen LogP contribution in [0.4, 0.5) is 23.7 Å². The first kappa shape index (κ1) is 34.3. The van der Waals surface area contributed by atoms with Crippen LogP contribution in [0, 0.1) is 17.5 Å². The highest BCUT2D eigenvalue weighted by Gasteiger charge is 2.27. The van der Waals surface area contributed by atoms with Gasteiger partial charge in [-0.15, -0.1) is 11.3 Å². The number of nitrogens with zero attached hydrogens (tertiary/aromatic N) is 4. The number of urea groups is 1. The minimum atomic E-state index is -0.904. The van der Waals surface area contributed by atoms with E-state index in [0.717, 1.165) is 50.4 Å². The fourth-order valence-corrected chi connectivity index (χ4v) is 6.97. The second-order valence-electron chi connectivity index (χ2n) is 11.5. The third-order valence-corrected chi connectivity index (χ3v) is 9.65. The van der Waals surface area contributed by atoms with Gasteiger partial charge >= 0.3 is 11.7 Å². The van der Waals surface area contributed by atoms with Gasteiger partial charge in [-0.3, -0.25) is 19.1 Å². The van der Waals surface area contributed by atoms with Gasteiger partial charge in [0, 0.05) is 28.7 Å². The Bertz CT molecular complexity index is 2270. The van der Waals surface area contributed by atoms with Crippen LogP contribution >= 0.6 is 11.3 Å². The highest BCUT2D eigenvalue weighted by Crippen LogP contribution is 2.39. The molecule has 50 heavy (non-hydrogen) atoms. The maximum atomic E-state index is 15.0. The molecule has 0 aliphatic heterocycles. The number of hydroxylamine groups is 1. The molecule has 10 nitrogen and oxygen atoms in total. The Morgan fingerprint density at radius 1 is 0.940 bits per heavy atom. The van der Waals surface area contributed by atoms with E-state index in [1.165, 1.54) is 19.2 Å². The van der Waals surface area contributed by atoms with Gasteiger partial charge in [-0.05, 0) is 67.1 Å². The number of anilines is 1. The summed E-state index contributed by atoms with van der Waals surface area (Å²) in [5.41, 5.74) is 2.87. The minimum absolute atomic E-state index is 0.107. The van der Waals surface area contributed by atoms with E-state index in [1.807, 2.05) is 49.2 Å². The van der Waals surface area contributed by atoms with Crippen molar-refractivity contribution >= 4 is 33.3 Å². The molecule has 6 aromatic rings. The highest BCUT2D eigenvalue weighted by atomic mass is 32.1.